The number of rotatable bonds is 6. The molecule has 0 bridgehead atoms. The molecule has 2 aromatic carbocycles. The number of benzene rings is 2. The van der Waals surface area contributed by atoms with Crippen molar-refractivity contribution in [3.05, 3.63) is 42.5 Å². The summed E-state index contributed by atoms with van der Waals surface area (Å²) in [5, 5.41) is 6.20. The fourth-order valence-electron chi connectivity index (χ4n) is 2.11. The number of nitrogens with one attached hydrogen (secondary N) is 2. The van der Waals surface area contributed by atoms with Crippen LogP contribution in [0, 0.1) is 0 Å². The second kappa shape index (κ2) is 6.70. The van der Waals surface area contributed by atoms with Gasteiger partial charge in [0.1, 0.15) is 0 Å². The van der Waals surface area contributed by atoms with Gasteiger partial charge >= 0.3 is 0 Å². The summed E-state index contributed by atoms with van der Waals surface area (Å²) in [7, 11) is -1.87. The van der Waals surface area contributed by atoms with Crippen LogP contribution in [0.25, 0.3) is 0 Å². The van der Waals surface area contributed by atoms with Gasteiger partial charge in [0, 0.05) is 25.0 Å². The van der Waals surface area contributed by atoms with Crippen molar-refractivity contribution in [2.45, 2.75) is 23.1 Å². The Morgan fingerprint density at radius 2 is 1.77 bits per heavy atom. The topological polar surface area (TPSA) is 84.2 Å². The number of nitrogens with two attached hydrogens (primary N) is 1. The first-order chi connectivity index (χ1) is 10.5. The van der Waals surface area contributed by atoms with Crippen LogP contribution >= 0.6 is 0 Å². The van der Waals surface area contributed by atoms with Gasteiger partial charge in [-0.2, -0.15) is 0 Å². The van der Waals surface area contributed by atoms with E-state index in [9.17, 15) is 8.42 Å². The molecule has 0 aliphatic rings. The molecule has 0 unspecified atom stereocenters. The van der Waals surface area contributed by atoms with Gasteiger partial charge in [-0.25, -0.2) is 8.42 Å². The summed E-state index contributed by atoms with van der Waals surface area (Å²) >= 11 is 0. The molecule has 0 heterocycles. The molecule has 0 aliphatic carbocycles. The van der Waals surface area contributed by atoms with Crippen LogP contribution < -0.4 is 16.4 Å². The summed E-state index contributed by atoms with van der Waals surface area (Å²) in [4.78, 5) is 0.481. The smallest absolute Gasteiger partial charge is 0.208 e. The molecule has 4 N–H and O–H groups in total. The van der Waals surface area contributed by atoms with E-state index in [1.807, 2.05) is 0 Å². The van der Waals surface area contributed by atoms with Gasteiger partial charge in [0.25, 0.3) is 0 Å². The van der Waals surface area contributed by atoms with E-state index in [0.29, 0.717) is 11.4 Å². The van der Waals surface area contributed by atoms with Crippen molar-refractivity contribution in [3.63, 3.8) is 0 Å². The van der Waals surface area contributed by atoms with Gasteiger partial charge in [0.05, 0.1) is 15.5 Å². The van der Waals surface area contributed by atoms with Crippen molar-refractivity contribution in [2.75, 3.05) is 30.0 Å². The lowest BCUT2D eigenvalue weighted by Crippen LogP contribution is -2.07. The van der Waals surface area contributed by atoms with E-state index < -0.39 is 9.84 Å². The van der Waals surface area contributed by atoms with Crippen LogP contribution in [0.15, 0.2) is 52.3 Å². The normalized spacial score (nSPS) is 11.2. The molecule has 0 radical (unpaired) electrons. The largest absolute Gasteiger partial charge is 0.399 e. The number of hydrogen-bond donors (Lipinski definition) is 3. The second-order valence-electron chi connectivity index (χ2n) is 4.96. The van der Waals surface area contributed by atoms with Crippen LogP contribution in [0.5, 0.6) is 0 Å². The van der Waals surface area contributed by atoms with Gasteiger partial charge in [-0.3, -0.25) is 0 Å². The molecule has 5 nitrogen and oxygen atoms in total. The Bertz CT molecular complexity index is 740. The van der Waals surface area contributed by atoms with Crippen LogP contribution in [0.2, 0.25) is 0 Å². The predicted molar refractivity (Wildman–Crippen MR) is 91.1 cm³/mol. The van der Waals surface area contributed by atoms with Gasteiger partial charge in [-0.05, 0) is 48.9 Å². The maximum Gasteiger partial charge on any atom is 0.208 e. The number of hydrogen-bond acceptors (Lipinski definition) is 5. The third kappa shape index (κ3) is 3.33. The van der Waals surface area contributed by atoms with Crippen molar-refractivity contribution >= 4 is 26.9 Å². The SMILES string of the molecule is CCCNc1ccc(S(=O)(=O)c2ccc(N)cc2)c(NC)c1. The maximum atomic E-state index is 12.7. The van der Waals surface area contributed by atoms with Crippen LogP contribution in [-0.4, -0.2) is 22.0 Å². The molecule has 0 aromatic heterocycles. The highest BCUT2D eigenvalue weighted by molar-refractivity contribution is 7.91. The zero-order chi connectivity index (χ0) is 16.2. The standard InChI is InChI=1S/C16H21N3O2S/c1-3-10-19-13-6-9-16(15(11-13)18-2)22(20,21)14-7-4-12(17)5-8-14/h4-9,11,18-19H,3,10,17H2,1-2H3. The third-order valence-electron chi connectivity index (χ3n) is 3.31. The highest BCUT2D eigenvalue weighted by atomic mass is 32.2. The van der Waals surface area contributed by atoms with E-state index in [0.717, 1.165) is 18.7 Å². The Hall–Kier alpha value is -2.21. The minimum absolute atomic E-state index is 0.229. The molecule has 0 atom stereocenters. The lowest BCUT2D eigenvalue weighted by atomic mass is 10.2. The molecular formula is C16H21N3O2S. The first-order valence-corrected chi connectivity index (χ1v) is 8.63. The van der Waals surface area contributed by atoms with E-state index in [2.05, 4.69) is 17.6 Å². The van der Waals surface area contributed by atoms with E-state index in [1.54, 1.807) is 37.4 Å². The average molecular weight is 319 g/mol. The molecule has 0 spiro atoms. The summed E-state index contributed by atoms with van der Waals surface area (Å²) in [6, 6.07) is 11.4. The zero-order valence-electron chi connectivity index (χ0n) is 12.8. The van der Waals surface area contributed by atoms with Crippen molar-refractivity contribution < 1.29 is 8.42 Å². The Labute approximate surface area is 131 Å². The number of sulfone groups is 1. The molecule has 0 amide bonds. The Kier molecular flexibility index (Phi) is 4.92. The summed E-state index contributed by atoms with van der Waals surface area (Å²) in [5.74, 6) is 0. The quantitative estimate of drug-likeness (QED) is 0.713. The molecule has 22 heavy (non-hydrogen) atoms. The van der Waals surface area contributed by atoms with Crippen molar-refractivity contribution in [3.8, 4) is 0 Å². The van der Waals surface area contributed by atoms with Gasteiger partial charge in [-0.1, -0.05) is 6.92 Å². The Balaban J connectivity index is 2.44. The Morgan fingerprint density at radius 3 is 2.36 bits per heavy atom. The van der Waals surface area contributed by atoms with Crippen molar-refractivity contribution in [1.29, 1.82) is 0 Å². The van der Waals surface area contributed by atoms with E-state index in [1.165, 1.54) is 12.1 Å². The monoisotopic (exact) mass is 319 g/mol. The third-order valence-corrected chi connectivity index (χ3v) is 5.14. The first kappa shape index (κ1) is 16.2. The molecule has 0 fully saturated rings. The molecular weight excluding hydrogens is 298 g/mol. The highest BCUT2D eigenvalue weighted by Gasteiger charge is 2.21. The lowest BCUT2D eigenvalue weighted by molar-refractivity contribution is 0.596. The molecule has 6 heteroatoms. The molecule has 0 saturated heterocycles. The minimum Gasteiger partial charge on any atom is -0.399 e. The predicted octanol–water partition coefficient (Wildman–Crippen LogP) is 2.97. The van der Waals surface area contributed by atoms with Crippen molar-refractivity contribution in [1.82, 2.24) is 0 Å². The molecule has 2 rings (SSSR count). The van der Waals surface area contributed by atoms with E-state index >= 15 is 0 Å². The van der Waals surface area contributed by atoms with Crippen LogP contribution in [-0.2, 0) is 9.84 Å². The van der Waals surface area contributed by atoms with Crippen LogP contribution in [0.3, 0.4) is 0 Å². The lowest BCUT2D eigenvalue weighted by Gasteiger charge is -2.13. The first-order valence-electron chi connectivity index (χ1n) is 7.15. The fraction of sp³-hybridized carbons (Fsp3) is 0.250. The minimum atomic E-state index is -3.58. The Morgan fingerprint density at radius 1 is 1.09 bits per heavy atom. The van der Waals surface area contributed by atoms with E-state index in [4.69, 9.17) is 5.73 Å². The summed E-state index contributed by atoms with van der Waals surface area (Å²) in [6.45, 7) is 2.92. The second-order valence-corrected chi connectivity index (χ2v) is 6.88. The highest BCUT2D eigenvalue weighted by Crippen LogP contribution is 2.30. The average Bonchev–Trinajstić information content (AvgIpc) is 2.53. The van der Waals surface area contributed by atoms with Gasteiger partial charge in [0.15, 0.2) is 0 Å². The summed E-state index contributed by atoms with van der Waals surface area (Å²) in [6.07, 6.45) is 1.00. The summed E-state index contributed by atoms with van der Waals surface area (Å²) in [5.41, 5.74) is 7.61. The van der Waals surface area contributed by atoms with Crippen LogP contribution in [0.1, 0.15) is 13.3 Å². The molecule has 118 valence electrons. The van der Waals surface area contributed by atoms with Gasteiger partial charge in [0.2, 0.25) is 9.84 Å². The van der Waals surface area contributed by atoms with E-state index in [-0.39, 0.29) is 9.79 Å². The van der Waals surface area contributed by atoms with Crippen LogP contribution in [0.4, 0.5) is 17.1 Å². The van der Waals surface area contributed by atoms with Gasteiger partial charge < -0.3 is 16.4 Å². The zero-order valence-corrected chi connectivity index (χ0v) is 13.6. The number of anilines is 3. The van der Waals surface area contributed by atoms with Crippen molar-refractivity contribution in [2.24, 2.45) is 0 Å². The van der Waals surface area contributed by atoms with Gasteiger partial charge in [-0.15, -0.1) is 0 Å². The molecule has 2 aromatic rings. The summed E-state index contributed by atoms with van der Waals surface area (Å²) < 4.78 is 25.5. The molecule has 0 aliphatic heterocycles. The molecule has 0 saturated carbocycles. The maximum absolute atomic E-state index is 12.7. The fourth-order valence-corrected chi connectivity index (χ4v) is 3.56. The number of nitrogen functional groups attached to an aromatic ring is 1.